The molecule has 3 aromatic rings. The molecule has 0 saturated heterocycles. The first-order chi connectivity index (χ1) is 20.0. The Hall–Kier alpha value is -4.22. The van der Waals surface area contributed by atoms with Gasteiger partial charge in [-0.3, -0.25) is 13.9 Å². The molecule has 0 unspecified atom stereocenters. The molecule has 1 aliphatic rings. The van der Waals surface area contributed by atoms with E-state index in [-0.39, 0.29) is 12.2 Å². The van der Waals surface area contributed by atoms with E-state index in [2.05, 4.69) is 10.6 Å². The standard InChI is InChI=1S/C31H35FN4O5S/c1-4-19-42(40,41)36(18-17-35(2)3)25-13-11-24(12-14-25)33-30(22-8-5-21(6-9-22)7-16-28(37)38)29-26-15-10-23(32)20-27(26)34-31(29)39/h5-6,8-15,20,33H,4,7,16-19H2,1-3H3,(H,34,39)(H,37,38)/b30-29-. The van der Waals surface area contributed by atoms with E-state index in [0.29, 0.717) is 65.4 Å². The highest BCUT2D eigenvalue weighted by Crippen LogP contribution is 2.38. The number of benzene rings is 3. The zero-order valence-corrected chi connectivity index (χ0v) is 24.7. The van der Waals surface area contributed by atoms with Crippen LogP contribution in [0.3, 0.4) is 0 Å². The molecule has 222 valence electrons. The summed E-state index contributed by atoms with van der Waals surface area (Å²) in [6, 6.07) is 18.3. The third-order valence-electron chi connectivity index (χ3n) is 6.82. The number of fused-ring (bicyclic) bond motifs is 1. The maximum Gasteiger partial charge on any atom is 0.303 e. The van der Waals surface area contributed by atoms with Gasteiger partial charge in [-0.05, 0) is 80.5 Å². The SMILES string of the molecule is CCCS(=O)(=O)N(CCN(C)C)c1ccc(N/C(=C2\C(=O)Nc3cc(F)ccc32)c2ccc(CCC(=O)O)cc2)cc1. The van der Waals surface area contributed by atoms with Gasteiger partial charge in [0.25, 0.3) is 5.91 Å². The number of rotatable bonds is 13. The maximum absolute atomic E-state index is 13.9. The molecule has 1 heterocycles. The molecule has 0 bridgehead atoms. The second-order valence-corrected chi connectivity index (χ2v) is 12.4. The minimum atomic E-state index is -3.52. The van der Waals surface area contributed by atoms with Gasteiger partial charge in [0.1, 0.15) is 5.82 Å². The highest BCUT2D eigenvalue weighted by atomic mass is 32.2. The number of amides is 1. The third kappa shape index (κ3) is 7.34. The lowest BCUT2D eigenvalue weighted by Crippen LogP contribution is -2.38. The van der Waals surface area contributed by atoms with Gasteiger partial charge in [-0.1, -0.05) is 31.2 Å². The molecule has 3 aromatic carbocycles. The molecular formula is C31H35FN4O5S. The van der Waals surface area contributed by atoms with Crippen LogP contribution in [0.5, 0.6) is 0 Å². The molecule has 1 aliphatic heterocycles. The molecule has 42 heavy (non-hydrogen) atoms. The van der Waals surface area contributed by atoms with Gasteiger partial charge >= 0.3 is 5.97 Å². The van der Waals surface area contributed by atoms with Crippen LogP contribution in [-0.4, -0.2) is 63.2 Å². The minimum Gasteiger partial charge on any atom is -0.481 e. The summed E-state index contributed by atoms with van der Waals surface area (Å²) in [6.07, 6.45) is 0.864. The molecule has 4 rings (SSSR count). The van der Waals surface area contributed by atoms with Gasteiger partial charge in [-0.25, -0.2) is 12.8 Å². The number of nitrogens with one attached hydrogen (secondary N) is 2. The number of hydrogen-bond donors (Lipinski definition) is 3. The number of sulfonamides is 1. The van der Waals surface area contributed by atoms with Crippen LogP contribution in [0.2, 0.25) is 0 Å². The zero-order chi connectivity index (χ0) is 30.4. The van der Waals surface area contributed by atoms with Crippen molar-refractivity contribution in [1.29, 1.82) is 0 Å². The number of carboxylic acids is 1. The summed E-state index contributed by atoms with van der Waals surface area (Å²) in [4.78, 5) is 26.1. The Morgan fingerprint density at radius 1 is 1.00 bits per heavy atom. The lowest BCUT2D eigenvalue weighted by atomic mass is 9.98. The second kappa shape index (κ2) is 13.2. The number of hydrogen-bond acceptors (Lipinski definition) is 6. The Labute approximate surface area is 245 Å². The molecule has 0 spiro atoms. The van der Waals surface area contributed by atoms with Crippen LogP contribution < -0.4 is 14.9 Å². The van der Waals surface area contributed by atoms with Gasteiger partial charge in [0.2, 0.25) is 10.0 Å². The molecular weight excluding hydrogens is 559 g/mol. The fourth-order valence-corrected chi connectivity index (χ4v) is 6.24. The lowest BCUT2D eigenvalue weighted by molar-refractivity contribution is -0.137. The first kappa shape index (κ1) is 30.7. The normalized spacial score (nSPS) is 14.0. The predicted molar refractivity (Wildman–Crippen MR) is 164 cm³/mol. The zero-order valence-electron chi connectivity index (χ0n) is 23.9. The molecule has 11 heteroatoms. The van der Waals surface area contributed by atoms with E-state index < -0.39 is 27.7 Å². The lowest BCUT2D eigenvalue weighted by Gasteiger charge is -2.26. The Kier molecular flexibility index (Phi) is 9.64. The average Bonchev–Trinajstić information content (AvgIpc) is 3.25. The number of anilines is 3. The van der Waals surface area contributed by atoms with Crippen LogP contribution in [0.1, 0.15) is 36.5 Å². The molecule has 1 amide bonds. The van der Waals surface area contributed by atoms with Gasteiger partial charge in [0.05, 0.1) is 28.4 Å². The van der Waals surface area contributed by atoms with Crippen molar-refractivity contribution in [2.75, 3.05) is 47.9 Å². The Bertz CT molecular complexity index is 1590. The van der Waals surface area contributed by atoms with Gasteiger partial charge < -0.3 is 20.6 Å². The number of halogens is 1. The van der Waals surface area contributed by atoms with E-state index in [0.717, 1.165) is 5.56 Å². The molecule has 9 nitrogen and oxygen atoms in total. The number of aryl methyl sites for hydroxylation is 1. The van der Waals surface area contributed by atoms with Gasteiger partial charge in [0.15, 0.2) is 0 Å². The monoisotopic (exact) mass is 594 g/mol. The smallest absolute Gasteiger partial charge is 0.303 e. The van der Waals surface area contributed by atoms with E-state index in [1.54, 1.807) is 42.5 Å². The predicted octanol–water partition coefficient (Wildman–Crippen LogP) is 4.88. The summed E-state index contributed by atoms with van der Waals surface area (Å²) in [7, 11) is 0.257. The summed E-state index contributed by atoms with van der Waals surface area (Å²) >= 11 is 0. The Balaban J connectivity index is 1.72. The molecule has 0 aliphatic carbocycles. The van der Waals surface area contributed by atoms with Crippen LogP contribution >= 0.6 is 0 Å². The fraction of sp³-hybridized carbons (Fsp3) is 0.290. The van der Waals surface area contributed by atoms with E-state index in [1.807, 2.05) is 38.1 Å². The second-order valence-electron chi connectivity index (χ2n) is 10.3. The van der Waals surface area contributed by atoms with E-state index >= 15 is 0 Å². The van der Waals surface area contributed by atoms with Crippen molar-refractivity contribution in [1.82, 2.24) is 4.90 Å². The summed E-state index contributed by atoms with van der Waals surface area (Å²) in [5.74, 6) is -1.72. The number of carbonyl (C=O) groups excluding carboxylic acids is 1. The van der Waals surface area contributed by atoms with E-state index in [4.69, 9.17) is 5.11 Å². The quantitative estimate of drug-likeness (QED) is 0.241. The first-order valence-corrected chi connectivity index (χ1v) is 15.3. The first-order valence-electron chi connectivity index (χ1n) is 13.7. The number of carbonyl (C=O) groups is 2. The van der Waals surface area contributed by atoms with Gasteiger partial charge in [-0.15, -0.1) is 0 Å². The van der Waals surface area contributed by atoms with E-state index in [1.165, 1.54) is 16.4 Å². The van der Waals surface area contributed by atoms with Crippen molar-refractivity contribution >= 4 is 50.2 Å². The summed E-state index contributed by atoms with van der Waals surface area (Å²) in [6.45, 7) is 2.68. The van der Waals surface area contributed by atoms with Gasteiger partial charge in [-0.2, -0.15) is 0 Å². The largest absolute Gasteiger partial charge is 0.481 e. The van der Waals surface area contributed by atoms with Crippen molar-refractivity contribution in [2.24, 2.45) is 0 Å². The molecule has 0 saturated carbocycles. The topological polar surface area (TPSA) is 119 Å². The van der Waals surface area contributed by atoms with Crippen LogP contribution in [0.15, 0.2) is 66.7 Å². The van der Waals surface area contributed by atoms with Crippen LogP contribution in [0.4, 0.5) is 21.5 Å². The minimum absolute atomic E-state index is 0.00122. The van der Waals surface area contributed by atoms with Crippen molar-refractivity contribution in [3.8, 4) is 0 Å². The Morgan fingerprint density at radius 2 is 1.69 bits per heavy atom. The molecule has 0 atom stereocenters. The number of nitrogens with zero attached hydrogens (tertiary/aromatic N) is 2. The highest BCUT2D eigenvalue weighted by Gasteiger charge is 2.29. The molecule has 0 aromatic heterocycles. The van der Waals surface area contributed by atoms with E-state index in [9.17, 15) is 22.4 Å². The average molecular weight is 595 g/mol. The third-order valence-corrected chi connectivity index (χ3v) is 8.81. The maximum atomic E-state index is 13.9. The highest BCUT2D eigenvalue weighted by molar-refractivity contribution is 7.92. The molecule has 3 N–H and O–H groups in total. The number of aliphatic carboxylic acids is 1. The number of likely N-dealkylation sites (N-methyl/N-ethyl adjacent to an activating group) is 1. The van der Waals surface area contributed by atoms with Crippen LogP contribution in [0, 0.1) is 5.82 Å². The van der Waals surface area contributed by atoms with Crippen molar-refractivity contribution in [3.05, 3.63) is 89.2 Å². The van der Waals surface area contributed by atoms with Crippen molar-refractivity contribution in [2.45, 2.75) is 26.2 Å². The summed E-state index contributed by atoms with van der Waals surface area (Å²) < 4.78 is 41.4. The summed E-state index contributed by atoms with van der Waals surface area (Å²) in [5.41, 5.74) is 4.34. The van der Waals surface area contributed by atoms with Crippen molar-refractivity contribution < 1.29 is 27.5 Å². The molecule has 0 fully saturated rings. The summed E-state index contributed by atoms with van der Waals surface area (Å²) in [5, 5.41) is 15.1. The van der Waals surface area contributed by atoms with Crippen LogP contribution in [0.25, 0.3) is 11.3 Å². The van der Waals surface area contributed by atoms with Gasteiger partial charge in [0, 0.05) is 30.8 Å². The van der Waals surface area contributed by atoms with Crippen LogP contribution in [-0.2, 0) is 26.0 Å². The number of carboxylic acid groups (broad SMARTS) is 1. The van der Waals surface area contributed by atoms with Crippen molar-refractivity contribution in [3.63, 3.8) is 0 Å². The Morgan fingerprint density at radius 3 is 2.31 bits per heavy atom. The molecule has 0 radical (unpaired) electrons. The fourth-order valence-electron chi connectivity index (χ4n) is 4.70.